The summed E-state index contributed by atoms with van der Waals surface area (Å²) in [6, 6.07) is 5.68. The molecule has 0 heterocycles. The smallest absolute Gasteiger partial charge is 0.174 e. The molecule has 0 fully saturated rings. The van der Waals surface area contributed by atoms with Crippen molar-refractivity contribution in [3.05, 3.63) is 19.3 Å². The number of benzene rings is 1. The normalized spacial score (nSPS) is 9.29. The zero-order valence-corrected chi connectivity index (χ0v) is 11.7. The van der Waals surface area contributed by atoms with Crippen LogP contribution < -0.4 is 9.47 Å². The third kappa shape index (κ3) is 2.88. The quantitative estimate of drug-likeness (QED) is 0.714. The first-order valence-corrected chi connectivity index (χ1v) is 5.87. The van der Waals surface area contributed by atoms with E-state index in [1.54, 1.807) is 7.11 Å². The lowest BCUT2D eigenvalue weighted by Crippen LogP contribution is -1.97. The maximum atomic E-state index is 8.38. The van der Waals surface area contributed by atoms with Gasteiger partial charge < -0.3 is 9.47 Å². The molecule has 5 heteroatoms. The van der Waals surface area contributed by atoms with Crippen LogP contribution in [-0.4, -0.2) is 13.7 Å². The van der Waals surface area contributed by atoms with Crippen LogP contribution in [-0.2, 0) is 0 Å². The molecule has 0 N–H and O–H groups in total. The maximum absolute atomic E-state index is 8.38. The number of nitrogens with zero attached hydrogens (tertiary/aromatic N) is 1. The van der Waals surface area contributed by atoms with Gasteiger partial charge in [-0.1, -0.05) is 0 Å². The Morgan fingerprint density at radius 1 is 1.29 bits per heavy atom. The highest BCUT2D eigenvalue weighted by atomic mass is 127. The summed E-state index contributed by atoms with van der Waals surface area (Å²) in [4.78, 5) is 0. The zero-order chi connectivity index (χ0) is 10.6. The van der Waals surface area contributed by atoms with Crippen molar-refractivity contribution in [3.8, 4) is 17.6 Å². The Balaban J connectivity index is 2.97. The second-order valence-corrected chi connectivity index (χ2v) is 4.69. The van der Waals surface area contributed by atoms with E-state index in [-0.39, 0.29) is 6.61 Å². The summed E-state index contributed by atoms with van der Waals surface area (Å²) in [5, 5.41) is 8.38. The Kier molecular flexibility index (Phi) is 4.74. The number of halogens is 2. The summed E-state index contributed by atoms with van der Waals surface area (Å²) in [6.45, 7) is 0.0679. The minimum Gasteiger partial charge on any atom is -0.496 e. The molecule has 0 atom stereocenters. The molecule has 0 spiro atoms. The molecule has 0 bridgehead atoms. The van der Waals surface area contributed by atoms with Gasteiger partial charge in [-0.3, -0.25) is 0 Å². The van der Waals surface area contributed by atoms with E-state index in [1.165, 1.54) is 0 Å². The second kappa shape index (κ2) is 5.60. The van der Waals surface area contributed by atoms with Crippen LogP contribution >= 0.6 is 45.2 Å². The topological polar surface area (TPSA) is 42.2 Å². The molecule has 14 heavy (non-hydrogen) atoms. The molecule has 0 aliphatic rings. The van der Waals surface area contributed by atoms with E-state index >= 15 is 0 Å². The van der Waals surface area contributed by atoms with Crippen LogP contribution in [0.2, 0.25) is 0 Å². The van der Waals surface area contributed by atoms with Gasteiger partial charge in [0, 0.05) is 0 Å². The van der Waals surface area contributed by atoms with Crippen LogP contribution in [0.3, 0.4) is 0 Å². The van der Waals surface area contributed by atoms with E-state index in [1.807, 2.05) is 18.2 Å². The number of hydrogen-bond acceptors (Lipinski definition) is 3. The summed E-state index contributed by atoms with van der Waals surface area (Å²) < 4.78 is 12.3. The number of hydrogen-bond donors (Lipinski definition) is 0. The van der Waals surface area contributed by atoms with Gasteiger partial charge in [0.1, 0.15) is 17.6 Å². The van der Waals surface area contributed by atoms with Gasteiger partial charge in [0.05, 0.1) is 14.3 Å². The average molecular weight is 415 g/mol. The van der Waals surface area contributed by atoms with Gasteiger partial charge in [0.25, 0.3) is 0 Å². The van der Waals surface area contributed by atoms with Crippen molar-refractivity contribution >= 4 is 45.2 Å². The number of ether oxygens (including phenoxy) is 2. The third-order valence-corrected chi connectivity index (χ3v) is 3.18. The lowest BCUT2D eigenvalue weighted by molar-refractivity contribution is 0.362. The van der Waals surface area contributed by atoms with Crippen LogP contribution in [0, 0.1) is 18.5 Å². The van der Waals surface area contributed by atoms with Crippen molar-refractivity contribution in [3.63, 3.8) is 0 Å². The standard InChI is InChI=1S/C9H7I2NO2/c1-13-8-4-7(11)9(5-6(8)10)14-3-2-12/h4-5H,3H2,1H3. The first-order valence-electron chi connectivity index (χ1n) is 3.71. The van der Waals surface area contributed by atoms with Gasteiger partial charge in [0.2, 0.25) is 0 Å². The van der Waals surface area contributed by atoms with E-state index in [2.05, 4.69) is 45.2 Å². The van der Waals surface area contributed by atoms with Crippen LogP contribution in [0.4, 0.5) is 0 Å². The van der Waals surface area contributed by atoms with E-state index in [4.69, 9.17) is 14.7 Å². The molecular weight excluding hydrogens is 408 g/mol. The zero-order valence-electron chi connectivity index (χ0n) is 7.38. The summed E-state index contributed by atoms with van der Waals surface area (Å²) in [5.74, 6) is 1.54. The van der Waals surface area contributed by atoms with Crippen molar-refractivity contribution < 1.29 is 9.47 Å². The van der Waals surface area contributed by atoms with Gasteiger partial charge >= 0.3 is 0 Å². The Morgan fingerprint density at radius 2 is 1.86 bits per heavy atom. The van der Waals surface area contributed by atoms with Gasteiger partial charge in [-0.05, 0) is 57.3 Å². The molecule has 1 rings (SSSR count). The van der Waals surface area contributed by atoms with Crippen LogP contribution in [0.1, 0.15) is 0 Å². The molecule has 0 unspecified atom stereocenters. The molecule has 0 amide bonds. The Hall–Kier alpha value is -0.230. The van der Waals surface area contributed by atoms with Gasteiger partial charge in [-0.15, -0.1) is 0 Å². The highest BCUT2D eigenvalue weighted by Gasteiger charge is 2.07. The molecule has 1 aromatic carbocycles. The van der Waals surface area contributed by atoms with Crippen molar-refractivity contribution in [2.75, 3.05) is 13.7 Å². The van der Waals surface area contributed by atoms with Crippen LogP contribution in [0.5, 0.6) is 11.5 Å². The fourth-order valence-electron chi connectivity index (χ4n) is 0.887. The molecule has 0 aliphatic carbocycles. The fraction of sp³-hybridized carbons (Fsp3) is 0.222. The van der Waals surface area contributed by atoms with E-state index in [9.17, 15) is 0 Å². The van der Waals surface area contributed by atoms with E-state index in [0.29, 0.717) is 0 Å². The lowest BCUT2D eigenvalue weighted by atomic mass is 10.3. The summed E-state index contributed by atoms with van der Waals surface area (Å²) in [6.07, 6.45) is 0. The number of nitriles is 1. The van der Waals surface area contributed by atoms with Crippen LogP contribution in [0.25, 0.3) is 0 Å². The molecule has 0 aromatic heterocycles. The fourth-order valence-corrected chi connectivity index (χ4v) is 2.14. The Morgan fingerprint density at radius 3 is 2.43 bits per heavy atom. The van der Waals surface area contributed by atoms with Gasteiger partial charge in [-0.25, -0.2) is 0 Å². The predicted octanol–water partition coefficient (Wildman–Crippen LogP) is 2.81. The predicted molar refractivity (Wildman–Crippen MR) is 69.5 cm³/mol. The second-order valence-electron chi connectivity index (χ2n) is 2.36. The molecule has 0 saturated heterocycles. The number of rotatable bonds is 3. The maximum Gasteiger partial charge on any atom is 0.174 e. The average Bonchev–Trinajstić information content (AvgIpc) is 2.18. The van der Waals surface area contributed by atoms with Gasteiger partial charge in [0.15, 0.2) is 6.61 Å². The number of methoxy groups -OCH3 is 1. The Labute approximate surface area is 110 Å². The third-order valence-electron chi connectivity index (χ3n) is 1.50. The lowest BCUT2D eigenvalue weighted by Gasteiger charge is -2.08. The molecule has 1 aromatic rings. The molecular formula is C9H7I2NO2. The molecule has 0 aliphatic heterocycles. The van der Waals surface area contributed by atoms with Crippen molar-refractivity contribution in [2.45, 2.75) is 0 Å². The van der Waals surface area contributed by atoms with Crippen molar-refractivity contribution in [1.82, 2.24) is 0 Å². The largest absolute Gasteiger partial charge is 0.496 e. The monoisotopic (exact) mass is 415 g/mol. The minimum absolute atomic E-state index is 0.0679. The highest BCUT2D eigenvalue weighted by Crippen LogP contribution is 2.30. The minimum atomic E-state index is 0.0679. The van der Waals surface area contributed by atoms with Gasteiger partial charge in [-0.2, -0.15) is 5.26 Å². The molecule has 0 radical (unpaired) electrons. The van der Waals surface area contributed by atoms with Crippen molar-refractivity contribution in [2.24, 2.45) is 0 Å². The van der Waals surface area contributed by atoms with E-state index < -0.39 is 0 Å². The summed E-state index contributed by atoms with van der Waals surface area (Å²) in [7, 11) is 1.63. The first kappa shape index (κ1) is 11.8. The summed E-state index contributed by atoms with van der Waals surface area (Å²) >= 11 is 4.31. The van der Waals surface area contributed by atoms with Crippen molar-refractivity contribution in [1.29, 1.82) is 5.26 Å². The molecule has 3 nitrogen and oxygen atoms in total. The molecule has 0 saturated carbocycles. The molecule has 74 valence electrons. The highest BCUT2D eigenvalue weighted by molar-refractivity contribution is 14.1. The summed E-state index contributed by atoms with van der Waals surface area (Å²) in [5.41, 5.74) is 0. The Bertz CT molecular complexity index is 374. The SMILES string of the molecule is COc1cc(I)c(OCC#N)cc1I. The van der Waals surface area contributed by atoms with Crippen LogP contribution in [0.15, 0.2) is 12.1 Å². The first-order chi connectivity index (χ1) is 6.69. The van der Waals surface area contributed by atoms with E-state index in [0.717, 1.165) is 18.6 Å².